The lowest BCUT2D eigenvalue weighted by molar-refractivity contribution is -0.118. The summed E-state index contributed by atoms with van der Waals surface area (Å²) in [5.74, 6) is 0.104. The van der Waals surface area contributed by atoms with Crippen LogP contribution in [0.1, 0.15) is 40.6 Å². The Balaban J connectivity index is 1.81. The predicted octanol–water partition coefficient (Wildman–Crippen LogP) is 7.18. The van der Waals surface area contributed by atoms with E-state index in [2.05, 4.69) is 51.0 Å². The number of aryl methyl sites for hydroxylation is 1. The molecule has 3 rings (SSSR count). The number of thiophene rings is 1. The van der Waals surface area contributed by atoms with Crippen LogP contribution in [0.3, 0.4) is 0 Å². The molecule has 1 amide bonds. The first-order valence-electron chi connectivity index (χ1n) is 9.91. The van der Waals surface area contributed by atoms with Crippen molar-refractivity contribution >= 4 is 60.1 Å². The third-order valence-corrected chi connectivity index (χ3v) is 7.01. The van der Waals surface area contributed by atoms with E-state index in [4.69, 9.17) is 9.47 Å². The fourth-order valence-electron chi connectivity index (χ4n) is 3.19. The molecule has 2 aromatic carbocycles. The average Bonchev–Trinajstić information content (AvgIpc) is 3.08. The zero-order valence-corrected chi connectivity index (χ0v) is 22.1. The maximum absolute atomic E-state index is 12.6. The molecule has 0 aliphatic rings. The van der Waals surface area contributed by atoms with Crippen molar-refractivity contribution < 1.29 is 19.1 Å². The molecule has 1 aromatic heterocycles. The van der Waals surface area contributed by atoms with E-state index >= 15 is 0 Å². The second-order valence-corrected chi connectivity index (χ2v) is 10.4. The van der Waals surface area contributed by atoms with Gasteiger partial charge in [-0.25, -0.2) is 4.79 Å². The summed E-state index contributed by atoms with van der Waals surface area (Å²) >= 11 is 8.25. The lowest BCUT2D eigenvalue weighted by Crippen LogP contribution is -2.21. The van der Waals surface area contributed by atoms with Crippen LogP contribution in [0.2, 0.25) is 0 Å². The first-order chi connectivity index (χ1) is 15.2. The lowest BCUT2D eigenvalue weighted by Gasteiger charge is -2.12. The first-order valence-corrected chi connectivity index (χ1v) is 12.3. The van der Waals surface area contributed by atoms with Crippen LogP contribution >= 0.6 is 43.2 Å². The molecule has 0 bridgehead atoms. The van der Waals surface area contributed by atoms with E-state index in [1.165, 1.54) is 24.0 Å². The monoisotopic (exact) mass is 579 g/mol. The average molecular weight is 581 g/mol. The van der Waals surface area contributed by atoms with E-state index in [-0.39, 0.29) is 12.5 Å². The van der Waals surface area contributed by atoms with Crippen LogP contribution in [0.15, 0.2) is 51.4 Å². The summed E-state index contributed by atoms with van der Waals surface area (Å²) in [6.07, 6.45) is 0. The summed E-state index contributed by atoms with van der Waals surface area (Å²) in [4.78, 5) is 26.1. The molecule has 8 heteroatoms. The Morgan fingerprint density at radius 1 is 1.09 bits per heavy atom. The van der Waals surface area contributed by atoms with Crippen molar-refractivity contribution in [1.82, 2.24) is 0 Å². The summed E-state index contributed by atoms with van der Waals surface area (Å²) < 4.78 is 12.4. The van der Waals surface area contributed by atoms with E-state index < -0.39 is 5.97 Å². The molecule has 0 unspecified atom stereocenters. The molecule has 0 saturated heterocycles. The normalized spacial score (nSPS) is 10.8. The topological polar surface area (TPSA) is 64.6 Å². The molecule has 0 spiro atoms. The highest BCUT2D eigenvalue weighted by Gasteiger charge is 2.25. The predicted molar refractivity (Wildman–Crippen MR) is 136 cm³/mol. The second-order valence-electron chi connectivity index (χ2n) is 7.42. The van der Waals surface area contributed by atoms with Crippen LogP contribution in [0.25, 0.3) is 11.1 Å². The highest BCUT2D eigenvalue weighted by atomic mass is 79.9. The molecule has 0 fully saturated rings. The number of hydrogen-bond acceptors (Lipinski definition) is 5. The Labute approximate surface area is 208 Å². The van der Waals surface area contributed by atoms with Gasteiger partial charge in [0, 0.05) is 14.9 Å². The molecule has 168 valence electrons. The highest BCUT2D eigenvalue weighted by molar-refractivity contribution is 9.10. The minimum absolute atomic E-state index is 0.190. The minimum Gasteiger partial charge on any atom is -0.483 e. The van der Waals surface area contributed by atoms with Crippen molar-refractivity contribution in [2.75, 3.05) is 19.0 Å². The maximum atomic E-state index is 12.6. The van der Waals surface area contributed by atoms with Crippen LogP contribution in [0, 0.1) is 6.92 Å². The molecular weight excluding hydrogens is 558 g/mol. The van der Waals surface area contributed by atoms with Gasteiger partial charge < -0.3 is 14.8 Å². The Hall–Kier alpha value is -2.16. The SMILES string of the molecule is COC(=O)c1c(NC(=O)COc2ccc(C(C)C)cc2Br)sc(C)c1-c1ccc(Br)cc1. The van der Waals surface area contributed by atoms with Gasteiger partial charge in [0.1, 0.15) is 16.3 Å². The molecule has 1 N–H and O–H groups in total. The first kappa shape index (κ1) is 24.5. The zero-order chi connectivity index (χ0) is 23.4. The standard InChI is InChI=1S/C24H23Br2NO4S/c1-13(2)16-7-10-19(18(26)11-16)31-12-20(28)27-23-22(24(29)30-4)21(14(3)32-23)15-5-8-17(25)9-6-15/h5-11,13H,12H2,1-4H3,(H,27,28). The fourth-order valence-corrected chi connectivity index (χ4v) is 5.05. The van der Waals surface area contributed by atoms with E-state index in [1.54, 1.807) is 0 Å². The second kappa shape index (κ2) is 10.6. The number of rotatable bonds is 7. The molecule has 0 atom stereocenters. The van der Waals surface area contributed by atoms with Crippen LogP contribution in [-0.2, 0) is 9.53 Å². The Kier molecular flexibility index (Phi) is 8.14. The molecule has 0 radical (unpaired) electrons. The van der Waals surface area contributed by atoms with Gasteiger partial charge >= 0.3 is 5.97 Å². The number of hydrogen-bond donors (Lipinski definition) is 1. The largest absolute Gasteiger partial charge is 0.483 e. The number of halogens is 2. The van der Waals surface area contributed by atoms with Gasteiger partial charge in [0.2, 0.25) is 0 Å². The third kappa shape index (κ3) is 5.60. The number of benzene rings is 2. The fraction of sp³-hybridized carbons (Fsp3) is 0.250. The number of amides is 1. The van der Waals surface area contributed by atoms with E-state index in [1.807, 2.05) is 49.4 Å². The van der Waals surface area contributed by atoms with Crippen LogP contribution in [-0.4, -0.2) is 25.6 Å². The molecule has 0 saturated carbocycles. The van der Waals surface area contributed by atoms with Crippen molar-refractivity contribution in [3.05, 3.63) is 67.4 Å². The molecule has 5 nitrogen and oxygen atoms in total. The summed E-state index contributed by atoms with van der Waals surface area (Å²) in [5, 5.41) is 3.26. The summed E-state index contributed by atoms with van der Waals surface area (Å²) in [5.41, 5.74) is 3.13. The molecular formula is C24H23Br2NO4S. The number of carbonyl (C=O) groups excluding carboxylic acids is 2. The highest BCUT2D eigenvalue weighted by Crippen LogP contribution is 2.40. The van der Waals surface area contributed by atoms with Gasteiger partial charge in [0.15, 0.2) is 6.61 Å². The van der Waals surface area contributed by atoms with E-state index in [0.717, 1.165) is 24.9 Å². The minimum atomic E-state index is -0.504. The Morgan fingerprint density at radius 3 is 2.38 bits per heavy atom. The van der Waals surface area contributed by atoms with Crippen molar-refractivity contribution in [2.45, 2.75) is 26.7 Å². The van der Waals surface area contributed by atoms with Crippen LogP contribution < -0.4 is 10.1 Å². The number of nitrogens with one attached hydrogen (secondary N) is 1. The number of esters is 1. The molecule has 0 aliphatic heterocycles. The van der Waals surface area contributed by atoms with Crippen molar-refractivity contribution in [3.8, 4) is 16.9 Å². The van der Waals surface area contributed by atoms with Crippen molar-refractivity contribution in [3.63, 3.8) is 0 Å². The molecule has 3 aromatic rings. The van der Waals surface area contributed by atoms with Gasteiger partial charge in [0.05, 0.1) is 11.6 Å². The Morgan fingerprint density at radius 2 is 1.78 bits per heavy atom. The maximum Gasteiger partial charge on any atom is 0.341 e. The van der Waals surface area contributed by atoms with Crippen LogP contribution in [0.5, 0.6) is 5.75 Å². The summed E-state index contributed by atoms with van der Waals surface area (Å²) in [7, 11) is 1.33. The quantitative estimate of drug-likeness (QED) is 0.301. The van der Waals surface area contributed by atoms with Crippen molar-refractivity contribution in [2.24, 2.45) is 0 Å². The number of methoxy groups -OCH3 is 1. The van der Waals surface area contributed by atoms with E-state index in [9.17, 15) is 9.59 Å². The van der Waals surface area contributed by atoms with E-state index in [0.29, 0.717) is 22.2 Å². The summed E-state index contributed by atoms with van der Waals surface area (Å²) in [6, 6.07) is 13.4. The van der Waals surface area contributed by atoms with Gasteiger partial charge in [0.25, 0.3) is 5.91 Å². The van der Waals surface area contributed by atoms with Gasteiger partial charge in [-0.1, -0.05) is 48.0 Å². The summed E-state index contributed by atoms with van der Waals surface area (Å²) in [6.45, 7) is 5.94. The van der Waals surface area contributed by atoms with Gasteiger partial charge in [-0.3, -0.25) is 4.79 Å². The van der Waals surface area contributed by atoms with Gasteiger partial charge in [-0.05, 0) is 64.2 Å². The van der Waals surface area contributed by atoms with Gasteiger partial charge in [-0.15, -0.1) is 11.3 Å². The number of anilines is 1. The number of carbonyl (C=O) groups is 2. The van der Waals surface area contributed by atoms with Crippen molar-refractivity contribution in [1.29, 1.82) is 0 Å². The van der Waals surface area contributed by atoms with Crippen LogP contribution in [0.4, 0.5) is 5.00 Å². The smallest absolute Gasteiger partial charge is 0.341 e. The Bertz CT molecular complexity index is 1140. The van der Waals surface area contributed by atoms with Gasteiger partial charge in [-0.2, -0.15) is 0 Å². The zero-order valence-electron chi connectivity index (χ0n) is 18.1. The third-order valence-electron chi connectivity index (χ3n) is 4.84. The number of ether oxygens (including phenoxy) is 2. The molecule has 1 heterocycles. The molecule has 0 aliphatic carbocycles. The molecule has 32 heavy (non-hydrogen) atoms. The lowest BCUT2D eigenvalue weighted by atomic mass is 10.0.